The molecule has 2 heteroatoms. The molecule has 94 valence electrons. The minimum Gasteiger partial charge on any atom is -0.316 e. The van der Waals surface area contributed by atoms with Crippen LogP contribution in [0, 0.1) is 5.92 Å². The van der Waals surface area contributed by atoms with E-state index in [9.17, 15) is 0 Å². The predicted molar refractivity (Wildman–Crippen MR) is 73.2 cm³/mol. The molecule has 0 bridgehead atoms. The molecule has 0 aromatic heterocycles. The Kier molecular flexibility index (Phi) is 5.02. The lowest BCUT2D eigenvalue weighted by Crippen LogP contribution is -2.39. The Morgan fingerprint density at radius 2 is 2.18 bits per heavy atom. The second-order valence-corrected chi connectivity index (χ2v) is 5.21. The van der Waals surface area contributed by atoms with Gasteiger partial charge < -0.3 is 10.6 Å². The molecule has 1 saturated heterocycles. The molecule has 1 aliphatic heterocycles. The van der Waals surface area contributed by atoms with Crippen molar-refractivity contribution in [3.8, 4) is 0 Å². The summed E-state index contributed by atoms with van der Waals surface area (Å²) >= 11 is 0. The van der Waals surface area contributed by atoms with Crippen LogP contribution in [0.1, 0.15) is 25.3 Å². The Balaban J connectivity index is 1.68. The molecule has 0 aliphatic carbocycles. The smallest absolute Gasteiger partial charge is 0.00792 e. The van der Waals surface area contributed by atoms with E-state index in [1.807, 2.05) is 0 Å². The number of hydrogen-bond donors (Lipinski definition) is 2. The number of nitrogens with one attached hydrogen (secondary N) is 2. The van der Waals surface area contributed by atoms with Gasteiger partial charge in [0.15, 0.2) is 0 Å². The van der Waals surface area contributed by atoms with Gasteiger partial charge in [-0.1, -0.05) is 30.3 Å². The Morgan fingerprint density at radius 1 is 1.35 bits per heavy atom. The van der Waals surface area contributed by atoms with E-state index in [1.54, 1.807) is 0 Å². The van der Waals surface area contributed by atoms with Gasteiger partial charge in [0.25, 0.3) is 0 Å². The molecule has 2 N–H and O–H groups in total. The zero-order valence-electron chi connectivity index (χ0n) is 10.8. The van der Waals surface area contributed by atoms with E-state index in [0.29, 0.717) is 6.04 Å². The summed E-state index contributed by atoms with van der Waals surface area (Å²) in [6.45, 7) is 5.82. The highest BCUT2D eigenvalue weighted by atomic mass is 14.9. The van der Waals surface area contributed by atoms with Gasteiger partial charge in [0.2, 0.25) is 0 Å². The van der Waals surface area contributed by atoms with Crippen LogP contribution in [0.4, 0.5) is 0 Å². The molecule has 2 nitrogen and oxygen atoms in total. The summed E-state index contributed by atoms with van der Waals surface area (Å²) in [5.41, 5.74) is 1.43. The summed E-state index contributed by atoms with van der Waals surface area (Å²) < 4.78 is 0. The average molecular weight is 232 g/mol. The fourth-order valence-corrected chi connectivity index (χ4v) is 2.51. The Bertz CT molecular complexity index is 304. The van der Waals surface area contributed by atoms with Gasteiger partial charge in [-0.3, -0.25) is 0 Å². The van der Waals surface area contributed by atoms with Crippen molar-refractivity contribution >= 4 is 0 Å². The Labute approximate surface area is 105 Å². The topological polar surface area (TPSA) is 24.1 Å². The van der Waals surface area contributed by atoms with Crippen LogP contribution in [0.3, 0.4) is 0 Å². The van der Waals surface area contributed by atoms with Crippen LogP contribution in [0.2, 0.25) is 0 Å². The molecule has 1 aromatic carbocycles. The van der Waals surface area contributed by atoms with E-state index in [4.69, 9.17) is 0 Å². The molecule has 0 saturated carbocycles. The van der Waals surface area contributed by atoms with Crippen LogP contribution in [0.15, 0.2) is 30.3 Å². The molecule has 1 heterocycles. The summed E-state index contributed by atoms with van der Waals surface area (Å²) in [5.74, 6) is 0.821. The lowest BCUT2D eigenvalue weighted by molar-refractivity contribution is 0.346. The van der Waals surface area contributed by atoms with Gasteiger partial charge in [-0.2, -0.15) is 0 Å². The molecule has 2 atom stereocenters. The monoisotopic (exact) mass is 232 g/mol. The van der Waals surface area contributed by atoms with E-state index >= 15 is 0 Å². The van der Waals surface area contributed by atoms with Crippen molar-refractivity contribution in [2.75, 3.05) is 19.6 Å². The third-order valence-corrected chi connectivity index (χ3v) is 3.54. The van der Waals surface area contributed by atoms with Crippen molar-refractivity contribution in [3.63, 3.8) is 0 Å². The highest BCUT2D eigenvalue weighted by Gasteiger charge is 2.13. The highest BCUT2D eigenvalue weighted by Crippen LogP contribution is 2.09. The van der Waals surface area contributed by atoms with Crippen molar-refractivity contribution in [1.29, 1.82) is 0 Å². The fourth-order valence-electron chi connectivity index (χ4n) is 2.51. The zero-order chi connectivity index (χ0) is 11.9. The van der Waals surface area contributed by atoms with Gasteiger partial charge in [-0.15, -0.1) is 0 Å². The largest absolute Gasteiger partial charge is 0.316 e. The van der Waals surface area contributed by atoms with E-state index in [1.165, 1.54) is 31.5 Å². The van der Waals surface area contributed by atoms with Crippen molar-refractivity contribution in [3.05, 3.63) is 35.9 Å². The van der Waals surface area contributed by atoms with Crippen LogP contribution >= 0.6 is 0 Å². The van der Waals surface area contributed by atoms with Crippen molar-refractivity contribution in [1.82, 2.24) is 10.6 Å². The lowest BCUT2D eigenvalue weighted by Gasteiger charge is -2.25. The standard InChI is InChI=1S/C15H24N2/c1-13(10-14-6-3-2-4-7-14)17-12-15-8-5-9-16-11-15/h2-4,6-7,13,15-17H,5,8-12H2,1H3. The fraction of sp³-hybridized carbons (Fsp3) is 0.600. The number of rotatable bonds is 5. The van der Waals surface area contributed by atoms with Crippen LogP contribution in [-0.4, -0.2) is 25.7 Å². The molecular weight excluding hydrogens is 208 g/mol. The highest BCUT2D eigenvalue weighted by molar-refractivity contribution is 5.15. The molecular formula is C15H24N2. The average Bonchev–Trinajstić information content (AvgIpc) is 2.39. The quantitative estimate of drug-likeness (QED) is 0.813. The molecule has 0 spiro atoms. The molecule has 0 amide bonds. The molecule has 0 radical (unpaired) electrons. The summed E-state index contributed by atoms with van der Waals surface area (Å²) in [4.78, 5) is 0. The molecule has 17 heavy (non-hydrogen) atoms. The molecule has 1 aromatic rings. The second kappa shape index (κ2) is 6.77. The molecule has 1 fully saturated rings. The second-order valence-electron chi connectivity index (χ2n) is 5.21. The lowest BCUT2D eigenvalue weighted by atomic mass is 9.99. The first-order valence-corrected chi connectivity index (χ1v) is 6.82. The minimum absolute atomic E-state index is 0.569. The van der Waals surface area contributed by atoms with Crippen LogP contribution < -0.4 is 10.6 Å². The molecule has 2 rings (SSSR count). The number of piperidine rings is 1. The normalized spacial score (nSPS) is 22.3. The summed E-state index contributed by atoms with van der Waals surface area (Å²) in [7, 11) is 0. The Morgan fingerprint density at radius 3 is 2.88 bits per heavy atom. The number of hydrogen-bond acceptors (Lipinski definition) is 2. The third kappa shape index (κ3) is 4.49. The first-order chi connectivity index (χ1) is 8.34. The SMILES string of the molecule is CC(Cc1ccccc1)NCC1CCCNC1. The maximum atomic E-state index is 3.66. The van der Waals surface area contributed by atoms with Crippen LogP contribution in [0.25, 0.3) is 0 Å². The van der Waals surface area contributed by atoms with E-state index in [-0.39, 0.29) is 0 Å². The van der Waals surface area contributed by atoms with Gasteiger partial charge in [0.1, 0.15) is 0 Å². The summed E-state index contributed by atoms with van der Waals surface area (Å²) in [5, 5.41) is 7.13. The minimum atomic E-state index is 0.569. The summed E-state index contributed by atoms with van der Waals surface area (Å²) in [6, 6.07) is 11.3. The van der Waals surface area contributed by atoms with E-state index in [0.717, 1.165) is 18.9 Å². The Hall–Kier alpha value is -0.860. The maximum Gasteiger partial charge on any atom is 0.00792 e. The first kappa shape index (κ1) is 12.6. The van der Waals surface area contributed by atoms with Crippen LogP contribution in [-0.2, 0) is 6.42 Å². The van der Waals surface area contributed by atoms with Gasteiger partial charge in [0, 0.05) is 6.04 Å². The van der Waals surface area contributed by atoms with Crippen molar-refractivity contribution in [2.24, 2.45) is 5.92 Å². The van der Waals surface area contributed by atoms with Crippen molar-refractivity contribution in [2.45, 2.75) is 32.2 Å². The predicted octanol–water partition coefficient (Wildman–Crippen LogP) is 2.21. The van der Waals surface area contributed by atoms with Gasteiger partial charge >= 0.3 is 0 Å². The summed E-state index contributed by atoms with van der Waals surface area (Å²) in [6.07, 6.45) is 3.83. The molecule has 1 aliphatic rings. The van der Waals surface area contributed by atoms with Crippen molar-refractivity contribution < 1.29 is 0 Å². The van der Waals surface area contributed by atoms with E-state index in [2.05, 4.69) is 47.9 Å². The zero-order valence-corrected chi connectivity index (χ0v) is 10.8. The van der Waals surface area contributed by atoms with Gasteiger partial charge in [0.05, 0.1) is 0 Å². The molecule has 2 unspecified atom stereocenters. The first-order valence-electron chi connectivity index (χ1n) is 6.82. The van der Waals surface area contributed by atoms with Gasteiger partial charge in [-0.25, -0.2) is 0 Å². The van der Waals surface area contributed by atoms with E-state index < -0.39 is 0 Å². The number of benzene rings is 1. The maximum absolute atomic E-state index is 3.66. The van der Waals surface area contributed by atoms with Crippen LogP contribution in [0.5, 0.6) is 0 Å². The van der Waals surface area contributed by atoms with Gasteiger partial charge in [-0.05, 0) is 57.3 Å². The third-order valence-electron chi connectivity index (χ3n) is 3.54.